The minimum absolute atomic E-state index is 0.267. The van der Waals surface area contributed by atoms with E-state index in [9.17, 15) is 4.79 Å². The Balaban J connectivity index is 1.08. The van der Waals surface area contributed by atoms with E-state index in [2.05, 4.69) is 70.2 Å². The Kier molecular flexibility index (Phi) is 6.44. The van der Waals surface area contributed by atoms with Crippen LogP contribution in [0.4, 0.5) is 0 Å². The number of amides is 1. The van der Waals surface area contributed by atoms with Crippen molar-refractivity contribution in [3.05, 3.63) is 65.2 Å². The fraction of sp³-hybridized carbons (Fsp3) is 0.536. The van der Waals surface area contributed by atoms with Gasteiger partial charge in [0.2, 0.25) is 5.91 Å². The van der Waals surface area contributed by atoms with Gasteiger partial charge in [-0.05, 0) is 67.4 Å². The van der Waals surface area contributed by atoms with E-state index in [4.69, 9.17) is 4.74 Å². The first-order valence-electron chi connectivity index (χ1n) is 12.5. The highest BCUT2D eigenvalue weighted by Gasteiger charge is 2.59. The van der Waals surface area contributed by atoms with Gasteiger partial charge in [-0.25, -0.2) is 0 Å². The molecule has 2 aliphatic heterocycles. The van der Waals surface area contributed by atoms with Crippen LogP contribution in [0.1, 0.15) is 36.0 Å². The molecule has 1 atom stereocenters. The Morgan fingerprint density at radius 3 is 2.24 bits per heavy atom. The lowest BCUT2D eigenvalue weighted by Crippen LogP contribution is -2.49. The number of rotatable bonds is 6. The highest BCUT2D eigenvalue weighted by molar-refractivity contribution is 5.83. The zero-order chi connectivity index (χ0) is 22.8. The van der Waals surface area contributed by atoms with Crippen LogP contribution in [0.25, 0.3) is 0 Å². The monoisotopic (exact) mass is 447 g/mol. The van der Waals surface area contributed by atoms with Gasteiger partial charge in [-0.15, -0.1) is 0 Å². The average Bonchev–Trinajstić information content (AvgIpc) is 3.55. The molecule has 1 spiro atoms. The van der Waals surface area contributed by atoms with Crippen molar-refractivity contribution in [2.24, 2.45) is 11.3 Å². The molecule has 33 heavy (non-hydrogen) atoms. The summed E-state index contributed by atoms with van der Waals surface area (Å²) in [5.74, 6) is 1.65. The minimum atomic E-state index is 0.267. The zero-order valence-corrected chi connectivity index (χ0v) is 20.1. The smallest absolute Gasteiger partial charge is 0.226 e. The maximum atomic E-state index is 13.3. The Morgan fingerprint density at radius 1 is 0.909 bits per heavy atom. The molecule has 2 aromatic carbocycles. The first kappa shape index (κ1) is 22.4. The first-order valence-corrected chi connectivity index (χ1v) is 12.5. The van der Waals surface area contributed by atoms with Crippen LogP contribution in [-0.2, 0) is 17.9 Å². The molecule has 1 aliphatic carbocycles. The van der Waals surface area contributed by atoms with Crippen LogP contribution in [-0.4, -0.2) is 67.0 Å². The fourth-order valence-electron chi connectivity index (χ4n) is 5.89. The summed E-state index contributed by atoms with van der Waals surface area (Å²) < 4.78 is 5.39. The number of hydrogen-bond acceptors (Lipinski definition) is 4. The van der Waals surface area contributed by atoms with Crippen LogP contribution in [0.15, 0.2) is 48.5 Å². The van der Waals surface area contributed by atoms with Gasteiger partial charge in [0.1, 0.15) is 5.75 Å². The number of piperidine rings is 1. The predicted octanol–water partition coefficient (Wildman–Crippen LogP) is 3.95. The van der Waals surface area contributed by atoms with Gasteiger partial charge in [-0.1, -0.05) is 42.5 Å². The molecule has 3 fully saturated rings. The molecule has 1 amide bonds. The lowest BCUT2D eigenvalue weighted by Gasteiger charge is -2.36. The van der Waals surface area contributed by atoms with E-state index >= 15 is 0 Å². The summed E-state index contributed by atoms with van der Waals surface area (Å²) in [7, 11) is 1.73. The van der Waals surface area contributed by atoms with Crippen molar-refractivity contribution in [2.45, 2.75) is 39.3 Å². The first-order chi connectivity index (χ1) is 16.1. The molecule has 1 saturated carbocycles. The second kappa shape index (κ2) is 9.47. The highest BCUT2D eigenvalue weighted by atomic mass is 16.5. The molecule has 2 heterocycles. The van der Waals surface area contributed by atoms with Gasteiger partial charge in [0, 0.05) is 45.2 Å². The largest absolute Gasteiger partial charge is 0.496 e. The number of nitrogens with zero attached hydrogens (tertiary/aromatic N) is 3. The fourth-order valence-corrected chi connectivity index (χ4v) is 5.89. The third kappa shape index (κ3) is 4.95. The van der Waals surface area contributed by atoms with Gasteiger partial charge in [0.15, 0.2) is 0 Å². The maximum absolute atomic E-state index is 13.3. The van der Waals surface area contributed by atoms with E-state index in [1.807, 2.05) is 0 Å². The van der Waals surface area contributed by atoms with Crippen LogP contribution < -0.4 is 4.74 Å². The van der Waals surface area contributed by atoms with Gasteiger partial charge in [-0.3, -0.25) is 14.6 Å². The van der Waals surface area contributed by atoms with Gasteiger partial charge >= 0.3 is 0 Å². The number of hydrogen-bond donors (Lipinski definition) is 0. The predicted molar refractivity (Wildman–Crippen MR) is 131 cm³/mol. The van der Waals surface area contributed by atoms with E-state index in [-0.39, 0.29) is 11.3 Å². The summed E-state index contributed by atoms with van der Waals surface area (Å²) in [6.45, 7) is 9.99. The Labute approximate surface area is 198 Å². The minimum Gasteiger partial charge on any atom is -0.496 e. The third-order valence-electron chi connectivity index (χ3n) is 8.14. The number of benzene rings is 2. The van der Waals surface area contributed by atoms with E-state index in [0.29, 0.717) is 5.91 Å². The molecule has 0 bridgehead atoms. The number of likely N-dealkylation sites (tertiary alicyclic amines) is 1. The number of ether oxygens (including phenoxy) is 1. The van der Waals surface area contributed by atoms with Crippen LogP contribution in [0, 0.1) is 18.3 Å². The molecule has 5 heteroatoms. The second-order valence-electron chi connectivity index (χ2n) is 10.3. The Hall–Kier alpha value is -2.37. The zero-order valence-electron chi connectivity index (χ0n) is 20.1. The SMILES string of the molecule is COc1ccc(CN2CCC3(CC2)CC3C(=O)N2CCN(Cc3ccccc3)CC2)cc1C. The molecular formula is C28H37N3O2. The molecule has 5 rings (SSSR count). The van der Waals surface area contributed by atoms with Crippen LogP contribution in [0.3, 0.4) is 0 Å². The van der Waals surface area contributed by atoms with Crippen LogP contribution >= 0.6 is 0 Å². The molecule has 2 aromatic rings. The summed E-state index contributed by atoms with van der Waals surface area (Å²) in [5.41, 5.74) is 4.18. The van der Waals surface area contributed by atoms with Gasteiger partial charge in [-0.2, -0.15) is 0 Å². The second-order valence-corrected chi connectivity index (χ2v) is 10.3. The van der Waals surface area contributed by atoms with E-state index < -0.39 is 0 Å². The average molecular weight is 448 g/mol. The lowest BCUT2D eigenvalue weighted by molar-refractivity contribution is -0.135. The maximum Gasteiger partial charge on any atom is 0.226 e. The van der Waals surface area contributed by atoms with Crippen molar-refractivity contribution in [1.82, 2.24) is 14.7 Å². The molecule has 1 unspecified atom stereocenters. The number of aryl methyl sites for hydroxylation is 1. The van der Waals surface area contributed by atoms with E-state index in [0.717, 1.165) is 77.4 Å². The topological polar surface area (TPSA) is 36.0 Å². The van der Waals surface area contributed by atoms with Crippen LogP contribution in [0.2, 0.25) is 0 Å². The van der Waals surface area contributed by atoms with Gasteiger partial charge in [0.05, 0.1) is 7.11 Å². The molecule has 176 valence electrons. The van der Waals surface area contributed by atoms with Crippen molar-refractivity contribution in [3.63, 3.8) is 0 Å². The lowest BCUT2D eigenvalue weighted by atomic mass is 9.90. The van der Waals surface area contributed by atoms with Gasteiger partial charge < -0.3 is 9.64 Å². The van der Waals surface area contributed by atoms with Crippen molar-refractivity contribution in [3.8, 4) is 5.75 Å². The molecule has 0 radical (unpaired) electrons. The quantitative estimate of drug-likeness (QED) is 0.672. The highest BCUT2D eigenvalue weighted by Crippen LogP contribution is 2.60. The molecule has 0 aromatic heterocycles. The molecule has 5 nitrogen and oxygen atoms in total. The molecular weight excluding hydrogens is 410 g/mol. The molecule has 2 saturated heterocycles. The molecule has 0 N–H and O–H groups in total. The Morgan fingerprint density at radius 2 is 1.58 bits per heavy atom. The molecule has 3 aliphatic rings. The standard InChI is InChI=1S/C28H37N3O2/c1-22-18-24(8-9-26(22)33-2)21-29-12-10-28(11-13-29)19-25(28)27(32)31-16-14-30(15-17-31)20-23-6-4-3-5-7-23/h3-9,18,25H,10-17,19-21H2,1-2H3. The summed E-state index contributed by atoms with van der Waals surface area (Å²) in [6.07, 6.45) is 3.42. The summed E-state index contributed by atoms with van der Waals surface area (Å²) in [5, 5.41) is 0. The number of carbonyl (C=O) groups is 1. The van der Waals surface area contributed by atoms with E-state index in [1.165, 1.54) is 16.7 Å². The third-order valence-corrected chi connectivity index (χ3v) is 8.14. The van der Waals surface area contributed by atoms with Crippen molar-refractivity contribution in [2.75, 3.05) is 46.4 Å². The number of carbonyl (C=O) groups excluding carboxylic acids is 1. The summed E-state index contributed by atoms with van der Waals surface area (Å²) in [6, 6.07) is 17.1. The van der Waals surface area contributed by atoms with E-state index in [1.54, 1.807) is 7.11 Å². The number of methoxy groups -OCH3 is 1. The Bertz CT molecular complexity index is 960. The summed E-state index contributed by atoms with van der Waals surface area (Å²) in [4.78, 5) is 20.4. The van der Waals surface area contributed by atoms with Gasteiger partial charge in [0.25, 0.3) is 0 Å². The van der Waals surface area contributed by atoms with Crippen molar-refractivity contribution >= 4 is 5.91 Å². The van der Waals surface area contributed by atoms with Crippen molar-refractivity contribution in [1.29, 1.82) is 0 Å². The van der Waals surface area contributed by atoms with Crippen LogP contribution in [0.5, 0.6) is 5.75 Å². The van der Waals surface area contributed by atoms with Crippen molar-refractivity contribution < 1.29 is 9.53 Å². The normalized spacial score (nSPS) is 23.0. The number of piperazine rings is 1. The summed E-state index contributed by atoms with van der Waals surface area (Å²) >= 11 is 0.